The molecule has 90 valence electrons. The highest BCUT2D eigenvalue weighted by Crippen LogP contribution is 2.25. The SMILES string of the molecule is COCC(C)N(C)c1cccc(F)c1CCl. The summed E-state index contributed by atoms with van der Waals surface area (Å²) in [5.41, 5.74) is 1.36. The van der Waals surface area contributed by atoms with Gasteiger partial charge in [-0.1, -0.05) is 6.07 Å². The van der Waals surface area contributed by atoms with Crippen LogP contribution in [-0.4, -0.2) is 26.8 Å². The average molecular weight is 246 g/mol. The van der Waals surface area contributed by atoms with Crippen LogP contribution in [-0.2, 0) is 10.6 Å². The van der Waals surface area contributed by atoms with E-state index in [0.717, 1.165) is 5.69 Å². The van der Waals surface area contributed by atoms with Crippen LogP contribution >= 0.6 is 11.6 Å². The van der Waals surface area contributed by atoms with Crippen molar-refractivity contribution in [2.75, 3.05) is 25.7 Å². The number of benzene rings is 1. The lowest BCUT2D eigenvalue weighted by Gasteiger charge is -2.28. The Bertz CT molecular complexity index is 346. The third-order valence-electron chi connectivity index (χ3n) is 2.68. The minimum atomic E-state index is -0.260. The fourth-order valence-corrected chi connectivity index (χ4v) is 1.87. The predicted molar refractivity (Wildman–Crippen MR) is 65.7 cm³/mol. The van der Waals surface area contributed by atoms with Gasteiger partial charge in [-0.3, -0.25) is 0 Å². The molecule has 0 aromatic heterocycles. The zero-order valence-corrected chi connectivity index (χ0v) is 10.6. The molecule has 0 aliphatic carbocycles. The maximum absolute atomic E-state index is 13.5. The van der Waals surface area contributed by atoms with Crippen molar-refractivity contribution >= 4 is 17.3 Å². The molecule has 0 heterocycles. The predicted octanol–water partition coefficient (Wildman–Crippen LogP) is 3.04. The molecule has 1 atom stereocenters. The Morgan fingerprint density at radius 2 is 2.19 bits per heavy atom. The highest BCUT2D eigenvalue weighted by Gasteiger charge is 2.15. The molecule has 0 spiro atoms. The van der Waals surface area contributed by atoms with E-state index in [1.54, 1.807) is 13.2 Å². The summed E-state index contributed by atoms with van der Waals surface area (Å²) in [5, 5.41) is 0. The van der Waals surface area contributed by atoms with Gasteiger partial charge in [0.25, 0.3) is 0 Å². The number of anilines is 1. The van der Waals surface area contributed by atoms with Crippen LogP contribution in [0.3, 0.4) is 0 Å². The van der Waals surface area contributed by atoms with Crippen LogP contribution in [0.5, 0.6) is 0 Å². The molecular weight excluding hydrogens is 229 g/mol. The number of hydrogen-bond acceptors (Lipinski definition) is 2. The molecule has 0 amide bonds. The van der Waals surface area contributed by atoms with Gasteiger partial charge in [-0.15, -0.1) is 11.6 Å². The van der Waals surface area contributed by atoms with Crippen molar-refractivity contribution in [1.29, 1.82) is 0 Å². The molecule has 0 saturated heterocycles. The second kappa shape index (κ2) is 6.06. The molecule has 0 radical (unpaired) electrons. The average Bonchev–Trinajstić information content (AvgIpc) is 2.28. The molecule has 0 N–H and O–H groups in total. The first-order valence-electron chi connectivity index (χ1n) is 5.17. The van der Waals surface area contributed by atoms with E-state index in [2.05, 4.69) is 0 Å². The maximum Gasteiger partial charge on any atom is 0.129 e. The standard InChI is InChI=1S/C12H17ClFNO/c1-9(8-16-3)15(2)12-6-4-5-11(14)10(12)7-13/h4-6,9H,7-8H2,1-3H3. The van der Waals surface area contributed by atoms with E-state index >= 15 is 0 Å². The Kier molecular flexibility index (Phi) is 5.03. The molecule has 1 rings (SSSR count). The smallest absolute Gasteiger partial charge is 0.129 e. The number of likely N-dealkylation sites (N-methyl/N-ethyl adjacent to an activating group) is 1. The number of rotatable bonds is 5. The zero-order chi connectivity index (χ0) is 12.1. The third kappa shape index (κ3) is 2.86. The Morgan fingerprint density at radius 1 is 1.50 bits per heavy atom. The van der Waals surface area contributed by atoms with Crippen LogP contribution < -0.4 is 4.90 Å². The van der Waals surface area contributed by atoms with Crippen molar-refractivity contribution in [2.24, 2.45) is 0 Å². The van der Waals surface area contributed by atoms with Gasteiger partial charge in [-0.25, -0.2) is 4.39 Å². The molecule has 0 aliphatic heterocycles. The zero-order valence-electron chi connectivity index (χ0n) is 9.84. The third-order valence-corrected chi connectivity index (χ3v) is 2.94. The summed E-state index contributed by atoms with van der Waals surface area (Å²) in [6.45, 7) is 2.61. The maximum atomic E-state index is 13.5. The van der Waals surface area contributed by atoms with Gasteiger partial charge in [0.1, 0.15) is 5.82 Å². The summed E-state index contributed by atoms with van der Waals surface area (Å²) in [5.74, 6) is -0.0875. The van der Waals surface area contributed by atoms with E-state index in [-0.39, 0.29) is 17.7 Å². The van der Waals surface area contributed by atoms with E-state index in [0.29, 0.717) is 12.2 Å². The molecule has 0 aliphatic rings. The minimum Gasteiger partial charge on any atom is -0.383 e. The number of alkyl halides is 1. The molecule has 2 nitrogen and oxygen atoms in total. The largest absolute Gasteiger partial charge is 0.383 e. The lowest BCUT2D eigenvalue weighted by atomic mass is 10.1. The molecule has 0 fully saturated rings. The highest BCUT2D eigenvalue weighted by atomic mass is 35.5. The van der Waals surface area contributed by atoms with Gasteiger partial charge < -0.3 is 9.64 Å². The quantitative estimate of drug-likeness (QED) is 0.740. The van der Waals surface area contributed by atoms with Crippen LogP contribution in [0.1, 0.15) is 12.5 Å². The molecule has 0 bridgehead atoms. The normalized spacial score (nSPS) is 12.6. The molecule has 16 heavy (non-hydrogen) atoms. The number of nitrogens with zero attached hydrogens (tertiary/aromatic N) is 1. The summed E-state index contributed by atoms with van der Waals surface area (Å²) in [6, 6.07) is 5.16. The van der Waals surface area contributed by atoms with Crippen LogP contribution in [0.25, 0.3) is 0 Å². The molecule has 1 aromatic carbocycles. The number of hydrogen-bond donors (Lipinski definition) is 0. The number of methoxy groups -OCH3 is 1. The molecule has 4 heteroatoms. The molecular formula is C12H17ClFNO. The van der Waals surface area contributed by atoms with E-state index in [1.165, 1.54) is 6.07 Å². The van der Waals surface area contributed by atoms with Crippen molar-refractivity contribution in [3.05, 3.63) is 29.6 Å². The number of ether oxygens (including phenoxy) is 1. The summed E-state index contributed by atoms with van der Waals surface area (Å²) >= 11 is 5.77. The fourth-order valence-electron chi connectivity index (χ4n) is 1.60. The van der Waals surface area contributed by atoms with Crippen LogP contribution in [0.4, 0.5) is 10.1 Å². The van der Waals surface area contributed by atoms with Gasteiger partial charge in [0, 0.05) is 31.5 Å². The van der Waals surface area contributed by atoms with E-state index < -0.39 is 0 Å². The van der Waals surface area contributed by atoms with Crippen LogP contribution in [0.15, 0.2) is 18.2 Å². The van der Waals surface area contributed by atoms with Crippen molar-refractivity contribution in [1.82, 2.24) is 0 Å². The second-order valence-corrected chi connectivity index (χ2v) is 4.05. The summed E-state index contributed by atoms with van der Waals surface area (Å²) < 4.78 is 18.6. The van der Waals surface area contributed by atoms with Crippen molar-refractivity contribution in [3.63, 3.8) is 0 Å². The van der Waals surface area contributed by atoms with Gasteiger partial charge in [-0.2, -0.15) is 0 Å². The Balaban J connectivity index is 2.98. The van der Waals surface area contributed by atoms with E-state index in [4.69, 9.17) is 16.3 Å². The summed E-state index contributed by atoms with van der Waals surface area (Å²) in [6.07, 6.45) is 0. The Labute approximate surface area is 101 Å². The van der Waals surface area contributed by atoms with Gasteiger partial charge in [-0.05, 0) is 19.1 Å². The fraction of sp³-hybridized carbons (Fsp3) is 0.500. The first kappa shape index (κ1) is 13.3. The first-order chi connectivity index (χ1) is 7.61. The molecule has 1 unspecified atom stereocenters. The Morgan fingerprint density at radius 3 is 2.75 bits per heavy atom. The lowest BCUT2D eigenvalue weighted by Crippen LogP contribution is -2.33. The second-order valence-electron chi connectivity index (χ2n) is 3.79. The van der Waals surface area contributed by atoms with Crippen LogP contribution in [0, 0.1) is 5.82 Å². The van der Waals surface area contributed by atoms with Crippen molar-refractivity contribution < 1.29 is 9.13 Å². The lowest BCUT2D eigenvalue weighted by molar-refractivity contribution is 0.183. The van der Waals surface area contributed by atoms with E-state index in [9.17, 15) is 4.39 Å². The van der Waals surface area contributed by atoms with Crippen LogP contribution in [0.2, 0.25) is 0 Å². The van der Waals surface area contributed by atoms with E-state index in [1.807, 2.05) is 24.9 Å². The van der Waals surface area contributed by atoms with Gasteiger partial charge in [0.05, 0.1) is 12.5 Å². The topological polar surface area (TPSA) is 12.5 Å². The molecule has 0 saturated carbocycles. The molecule has 1 aromatic rings. The number of halogens is 2. The van der Waals surface area contributed by atoms with Gasteiger partial charge in [0.15, 0.2) is 0 Å². The summed E-state index contributed by atoms with van der Waals surface area (Å²) in [4.78, 5) is 1.98. The summed E-state index contributed by atoms with van der Waals surface area (Å²) in [7, 11) is 3.56. The highest BCUT2D eigenvalue weighted by molar-refractivity contribution is 6.17. The Hall–Kier alpha value is -0.800. The minimum absolute atomic E-state index is 0.173. The monoisotopic (exact) mass is 245 g/mol. The van der Waals surface area contributed by atoms with Crippen molar-refractivity contribution in [3.8, 4) is 0 Å². The first-order valence-corrected chi connectivity index (χ1v) is 5.70. The van der Waals surface area contributed by atoms with Crippen molar-refractivity contribution in [2.45, 2.75) is 18.8 Å². The van der Waals surface area contributed by atoms with Gasteiger partial charge in [0.2, 0.25) is 0 Å². The van der Waals surface area contributed by atoms with Gasteiger partial charge >= 0.3 is 0 Å².